The zero-order valence-corrected chi connectivity index (χ0v) is 11.5. The molecule has 1 N–H and O–H groups in total. The van der Waals surface area contributed by atoms with Crippen LogP contribution in [0.5, 0.6) is 0 Å². The van der Waals surface area contributed by atoms with Gasteiger partial charge in [0.1, 0.15) is 0 Å². The van der Waals surface area contributed by atoms with Gasteiger partial charge in [-0.15, -0.1) is 0 Å². The van der Waals surface area contributed by atoms with Gasteiger partial charge in [-0.05, 0) is 55.2 Å². The SMILES string of the molecule is Cc1cc(C)c(CNC(=O)c2cccnc2)cc1C. The van der Waals surface area contributed by atoms with E-state index in [1.807, 2.05) is 0 Å². The minimum Gasteiger partial charge on any atom is -0.348 e. The van der Waals surface area contributed by atoms with Crippen LogP contribution in [-0.2, 0) is 6.54 Å². The van der Waals surface area contributed by atoms with Gasteiger partial charge >= 0.3 is 0 Å². The molecule has 1 aromatic heterocycles. The Labute approximate surface area is 113 Å². The summed E-state index contributed by atoms with van der Waals surface area (Å²) in [7, 11) is 0. The molecule has 0 unspecified atom stereocenters. The fraction of sp³-hybridized carbons (Fsp3) is 0.250. The van der Waals surface area contributed by atoms with Gasteiger partial charge in [0.15, 0.2) is 0 Å². The molecule has 1 amide bonds. The number of amides is 1. The first-order valence-electron chi connectivity index (χ1n) is 6.33. The first kappa shape index (κ1) is 13.3. The number of pyridine rings is 1. The van der Waals surface area contributed by atoms with Gasteiger partial charge in [0.05, 0.1) is 5.56 Å². The lowest BCUT2D eigenvalue weighted by atomic mass is 10.0. The topological polar surface area (TPSA) is 42.0 Å². The van der Waals surface area contributed by atoms with Crippen LogP contribution in [0.15, 0.2) is 36.7 Å². The number of nitrogens with zero attached hydrogens (tertiary/aromatic N) is 1. The van der Waals surface area contributed by atoms with Crippen LogP contribution in [0.3, 0.4) is 0 Å². The minimum absolute atomic E-state index is 0.0919. The van der Waals surface area contributed by atoms with E-state index in [0.717, 1.165) is 5.56 Å². The number of rotatable bonds is 3. The highest BCUT2D eigenvalue weighted by atomic mass is 16.1. The van der Waals surface area contributed by atoms with Crippen LogP contribution in [-0.4, -0.2) is 10.9 Å². The van der Waals surface area contributed by atoms with Crippen molar-refractivity contribution in [3.8, 4) is 0 Å². The molecular weight excluding hydrogens is 236 g/mol. The van der Waals surface area contributed by atoms with Crippen molar-refractivity contribution in [1.82, 2.24) is 10.3 Å². The van der Waals surface area contributed by atoms with E-state index in [0.29, 0.717) is 12.1 Å². The summed E-state index contributed by atoms with van der Waals surface area (Å²) in [6.45, 7) is 6.79. The molecule has 0 atom stereocenters. The van der Waals surface area contributed by atoms with E-state index in [9.17, 15) is 4.79 Å². The van der Waals surface area contributed by atoms with Crippen molar-refractivity contribution in [3.63, 3.8) is 0 Å². The van der Waals surface area contributed by atoms with Gasteiger partial charge in [-0.2, -0.15) is 0 Å². The molecule has 2 rings (SSSR count). The average molecular weight is 254 g/mol. The number of aromatic nitrogens is 1. The Morgan fingerprint density at radius 1 is 1.16 bits per heavy atom. The molecule has 1 heterocycles. The van der Waals surface area contributed by atoms with Crippen molar-refractivity contribution in [2.75, 3.05) is 0 Å². The summed E-state index contributed by atoms with van der Waals surface area (Å²) in [6.07, 6.45) is 3.23. The molecule has 1 aromatic carbocycles. The quantitative estimate of drug-likeness (QED) is 0.915. The van der Waals surface area contributed by atoms with Crippen LogP contribution in [0.4, 0.5) is 0 Å². The third-order valence-electron chi connectivity index (χ3n) is 3.32. The molecule has 0 saturated carbocycles. The monoisotopic (exact) mass is 254 g/mol. The number of benzene rings is 1. The van der Waals surface area contributed by atoms with Gasteiger partial charge in [0.25, 0.3) is 5.91 Å². The second-order valence-corrected chi connectivity index (χ2v) is 4.79. The molecule has 0 aliphatic rings. The predicted molar refractivity (Wildman–Crippen MR) is 76.1 cm³/mol. The number of hydrogen-bond donors (Lipinski definition) is 1. The summed E-state index contributed by atoms with van der Waals surface area (Å²) in [4.78, 5) is 15.9. The molecular formula is C16H18N2O. The maximum Gasteiger partial charge on any atom is 0.253 e. The molecule has 3 nitrogen and oxygen atoms in total. The highest BCUT2D eigenvalue weighted by Crippen LogP contribution is 2.15. The summed E-state index contributed by atoms with van der Waals surface area (Å²) in [5.41, 5.74) is 5.47. The molecule has 0 aliphatic heterocycles. The van der Waals surface area contributed by atoms with Gasteiger partial charge < -0.3 is 5.32 Å². The Hall–Kier alpha value is -2.16. The largest absolute Gasteiger partial charge is 0.348 e. The normalized spacial score (nSPS) is 10.3. The van der Waals surface area contributed by atoms with Gasteiger partial charge in [-0.25, -0.2) is 0 Å². The molecule has 0 spiro atoms. The minimum atomic E-state index is -0.0919. The van der Waals surface area contributed by atoms with Crippen molar-refractivity contribution in [1.29, 1.82) is 0 Å². The van der Waals surface area contributed by atoms with Crippen molar-refractivity contribution < 1.29 is 4.79 Å². The molecule has 19 heavy (non-hydrogen) atoms. The average Bonchev–Trinajstić information content (AvgIpc) is 2.42. The lowest BCUT2D eigenvalue weighted by Crippen LogP contribution is -2.23. The highest BCUT2D eigenvalue weighted by molar-refractivity contribution is 5.93. The second kappa shape index (κ2) is 5.65. The first-order chi connectivity index (χ1) is 9.08. The lowest BCUT2D eigenvalue weighted by molar-refractivity contribution is 0.0950. The van der Waals surface area contributed by atoms with Crippen molar-refractivity contribution in [3.05, 3.63) is 64.5 Å². The predicted octanol–water partition coefficient (Wildman–Crippen LogP) is 2.94. The molecule has 0 radical (unpaired) electrons. The fourth-order valence-electron chi connectivity index (χ4n) is 1.99. The van der Waals surface area contributed by atoms with E-state index >= 15 is 0 Å². The maximum absolute atomic E-state index is 11.9. The van der Waals surface area contributed by atoms with Gasteiger partial charge in [0, 0.05) is 18.9 Å². The zero-order valence-electron chi connectivity index (χ0n) is 11.5. The molecule has 98 valence electrons. The van der Waals surface area contributed by atoms with E-state index in [1.54, 1.807) is 24.5 Å². The van der Waals surface area contributed by atoms with Crippen molar-refractivity contribution in [2.24, 2.45) is 0 Å². The summed E-state index contributed by atoms with van der Waals surface area (Å²) >= 11 is 0. The summed E-state index contributed by atoms with van der Waals surface area (Å²) < 4.78 is 0. The van der Waals surface area contributed by atoms with Gasteiger partial charge in [0.2, 0.25) is 0 Å². The summed E-state index contributed by atoms with van der Waals surface area (Å²) in [5.74, 6) is -0.0919. The number of aryl methyl sites for hydroxylation is 3. The Balaban J connectivity index is 2.07. The number of hydrogen-bond acceptors (Lipinski definition) is 2. The van der Waals surface area contributed by atoms with Crippen LogP contribution >= 0.6 is 0 Å². The number of carbonyl (C=O) groups is 1. The maximum atomic E-state index is 11.9. The number of nitrogens with one attached hydrogen (secondary N) is 1. The summed E-state index contributed by atoms with van der Waals surface area (Å²) in [6, 6.07) is 7.81. The van der Waals surface area contributed by atoms with Crippen molar-refractivity contribution in [2.45, 2.75) is 27.3 Å². The second-order valence-electron chi connectivity index (χ2n) is 4.79. The number of carbonyl (C=O) groups excluding carboxylic acids is 1. The van der Waals surface area contributed by atoms with Crippen LogP contribution in [0.25, 0.3) is 0 Å². The molecule has 3 heteroatoms. The Kier molecular flexibility index (Phi) is 3.95. The van der Waals surface area contributed by atoms with Crippen LogP contribution in [0, 0.1) is 20.8 Å². The van der Waals surface area contributed by atoms with Gasteiger partial charge in [-0.3, -0.25) is 9.78 Å². The molecule has 0 bridgehead atoms. The molecule has 2 aromatic rings. The fourth-order valence-corrected chi connectivity index (χ4v) is 1.99. The summed E-state index contributed by atoms with van der Waals surface area (Å²) in [5, 5.41) is 2.92. The van der Waals surface area contributed by atoms with Crippen LogP contribution in [0.2, 0.25) is 0 Å². The van der Waals surface area contributed by atoms with E-state index in [-0.39, 0.29) is 5.91 Å². The van der Waals surface area contributed by atoms with E-state index in [1.165, 1.54) is 16.7 Å². The van der Waals surface area contributed by atoms with E-state index in [4.69, 9.17) is 0 Å². The standard InChI is InChI=1S/C16H18N2O/c1-11-7-13(3)15(8-12(11)2)10-18-16(19)14-5-4-6-17-9-14/h4-9H,10H2,1-3H3,(H,18,19). The molecule has 0 fully saturated rings. The Morgan fingerprint density at radius 2 is 1.89 bits per heavy atom. The van der Waals surface area contributed by atoms with Crippen LogP contribution < -0.4 is 5.32 Å². The molecule has 0 aliphatic carbocycles. The Morgan fingerprint density at radius 3 is 2.58 bits per heavy atom. The van der Waals surface area contributed by atoms with E-state index < -0.39 is 0 Å². The lowest BCUT2D eigenvalue weighted by Gasteiger charge is -2.11. The Bertz CT molecular complexity index is 591. The van der Waals surface area contributed by atoms with Crippen LogP contribution in [0.1, 0.15) is 32.6 Å². The smallest absolute Gasteiger partial charge is 0.253 e. The van der Waals surface area contributed by atoms with Crippen molar-refractivity contribution >= 4 is 5.91 Å². The highest BCUT2D eigenvalue weighted by Gasteiger charge is 2.06. The van der Waals surface area contributed by atoms with E-state index in [2.05, 4.69) is 43.2 Å². The zero-order chi connectivity index (χ0) is 13.8. The molecule has 0 saturated heterocycles. The third-order valence-corrected chi connectivity index (χ3v) is 3.32. The third kappa shape index (κ3) is 3.19. The first-order valence-corrected chi connectivity index (χ1v) is 6.33. The van der Waals surface area contributed by atoms with Gasteiger partial charge in [-0.1, -0.05) is 12.1 Å².